The zero-order chi connectivity index (χ0) is 14.9. The van der Waals surface area contributed by atoms with Crippen LogP contribution in [0.3, 0.4) is 0 Å². The number of carbonyl (C=O) groups excluding carboxylic acids is 1. The number of carbonyl (C=O) groups is 1. The average molecular weight is 311 g/mol. The Labute approximate surface area is 126 Å². The second kappa shape index (κ2) is 5.69. The monoisotopic (exact) mass is 310 g/mol. The van der Waals surface area contributed by atoms with E-state index in [0.717, 1.165) is 5.56 Å². The zero-order valence-corrected chi connectivity index (χ0v) is 12.4. The van der Waals surface area contributed by atoms with Crippen LogP contribution in [0.4, 0.5) is 5.69 Å². The SMILES string of the molecule is Cc1cc(NC(=O)c2cc(Cl)ncc2Cl)c(C)cc1O. The summed E-state index contributed by atoms with van der Waals surface area (Å²) in [7, 11) is 0. The maximum Gasteiger partial charge on any atom is 0.257 e. The molecule has 1 aromatic heterocycles. The summed E-state index contributed by atoms with van der Waals surface area (Å²) in [6, 6.07) is 4.69. The number of aromatic nitrogens is 1. The number of anilines is 1. The van der Waals surface area contributed by atoms with Gasteiger partial charge in [-0.2, -0.15) is 0 Å². The van der Waals surface area contributed by atoms with E-state index in [0.29, 0.717) is 11.3 Å². The normalized spacial score (nSPS) is 10.4. The van der Waals surface area contributed by atoms with Crippen LogP contribution in [0.1, 0.15) is 21.5 Å². The van der Waals surface area contributed by atoms with E-state index < -0.39 is 0 Å². The molecule has 1 amide bonds. The molecule has 0 fully saturated rings. The Morgan fingerprint density at radius 1 is 1.20 bits per heavy atom. The Morgan fingerprint density at radius 3 is 2.60 bits per heavy atom. The maximum absolute atomic E-state index is 12.2. The second-order valence-corrected chi connectivity index (χ2v) is 5.19. The molecule has 2 N–H and O–H groups in total. The standard InChI is InChI=1S/C14H12Cl2N2O2/c1-7-4-12(19)8(2)3-11(7)18-14(20)9-5-13(16)17-6-10(9)15/h3-6,19H,1-2H3,(H,18,20). The van der Waals surface area contributed by atoms with Crippen molar-refractivity contribution in [2.24, 2.45) is 0 Å². The summed E-state index contributed by atoms with van der Waals surface area (Å²) in [4.78, 5) is 16.0. The molecule has 4 nitrogen and oxygen atoms in total. The molecule has 0 radical (unpaired) electrons. The van der Waals surface area contributed by atoms with E-state index in [-0.39, 0.29) is 27.4 Å². The highest BCUT2D eigenvalue weighted by Crippen LogP contribution is 2.26. The first-order valence-electron chi connectivity index (χ1n) is 5.81. The summed E-state index contributed by atoms with van der Waals surface area (Å²) >= 11 is 11.7. The largest absolute Gasteiger partial charge is 0.508 e. The number of halogens is 2. The molecule has 2 rings (SSSR count). The fourth-order valence-corrected chi connectivity index (χ4v) is 2.06. The van der Waals surface area contributed by atoms with Gasteiger partial charge in [-0.15, -0.1) is 0 Å². The number of nitrogens with one attached hydrogen (secondary N) is 1. The van der Waals surface area contributed by atoms with Gasteiger partial charge in [0.05, 0.1) is 10.6 Å². The van der Waals surface area contributed by atoms with Crippen molar-refractivity contribution in [2.75, 3.05) is 5.32 Å². The molecular weight excluding hydrogens is 299 g/mol. The number of aromatic hydroxyl groups is 1. The van der Waals surface area contributed by atoms with E-state index in [2.05, 4.69) is 10.3 Å². The molecule has 0 aliphatic heterocycles. The summed E-state index contributed by atoms with van der Waals surface area (Å²) < 4.78 is 0. The van der Waals surface area contributed by atoms with E-state index in [1.54, 1.807) is 26.0 Å². The number of phenolic OH excluding ortho intramolecular Hbond substituents is 1. The van der Waals surface area contributed by atoms with Gasteiger partial charge in [-0.05, 0) is 43.2 Å². The van der Waals surface area contributed by atoms with E-state index in [9.17, 15) is 9.90 Å². The number of hydrogen-bond donors (Lipinski definition) is 2. The lowest BCUT2D eigenvalue weighted by Gasteiger charge is -2.11. The van der Waals surface area contributed by atoms with Crippen LogP contribution in [0.5, 0.6) is 5.75 Å². The van der Waals surface area contributed by atoms with Gasteiger partial charge in [-0.1, -0.05) is 23.2 Å². The lowest BCUT2D eigenvalue weighted by atomic mass is 10.1. The van der Waals surface area contributed by atoms with Crippen LogP contribution in [-0.4, -0.2) is 16.0 Å². The number of hydrogen-bond acceptors (Lipinski definition) is 3. The minimum absolute atomic E-state index is 0.186. The molecule has 0 unspecified atom stereocenters. The van der Waals surface area contributed by atoms with Crippen LogP contribution in [0.2, 0.25) is 10.2 Å². The quantitative estimate of drug-likeness (QED) is 0.652. The van der Waals surface area contributed by atoms with Crippen molar-refractivity contribution >= 4 is 34.8 Å². The van der Waals surface area contributed by atoms with Gasteiger partial charge >= 0.3 is 0 Å². The number of benzene rings is 1. The number of phenols is 1. The van der Waals surface area contributed by atoms with Crippen LogP contribution < -0.4 is 5.32 Å². The third-order valence-electron chi connectivity index (χ3n) is 2.86. The molecule has 1 aromatic carbocycles. The number of aryl methyl sites for hydroxylation is 2. The molecule has 0 atom stereocenters. The summed E-state index contributed by atoms with van der Waals surface area (Å²) in [5, 5.41) is 12.8. The van der Waals surface area contributed by atoms with Crippen molar-refractivity contribution in [1.29, 1.82) is 0 Å². The number of rotatable bonds is 2. The zero-order valence-electron chi connectivity index (χ0n) is 10.9. The molecule has 0 aliphatic rings. The predicted octanol–water partition coefficient (Wildman–Crippen LogP) is 3.96. The Hall–Kier alpha value is -1.78. The third-order valence-corrected chi connectivity index (χ3v) is 3.37. The molecule has 20 heavy (non-hydrogen) atoms. The Kier molecular flexibility index (Phi) is 4.16. The van der Waals surface area contributed by atoms with Gasteiger partial charge in [0.25, 0.3) is 5.91 Å². The van der Waals surface area contributed by atoms with Crippen molar-refractivity contribution in [1.82, 2.24) is 4.98 Å². The van der Waals surface area contributed by atoms with E-state index in [1.807, 2.05) is 0 Å². The average Bonchev–Trinajstić information content (AvgIpc) is 2.38. The Bertz CT molecular complexity index is 687. The number of nitrogens with zero attached hydrogens (tertiary/aromatic N) is 1. The van der Waals surface area contributed by atoms with Crippen molar-refractivity contribution in [3.05, 3.63) is 51.3 Å². The highest BCUT2D eigenvalue weighted by molar-refractivity contribution is 6.35. The van der Waals surface area contributed by atoms with Gasteiger partial charge < -0.3 is 10.4 Å². The van der Waals surface area contributed by atoms with Crippen molar-refractivity contribution in [3.8, 4) is 5.75 Å². The molecule has 0 spiro atoms. The van der Waals surface area contributed by atoms with Gasteiger partial charge in [-0.3, -0.25) is 4.79 Å². The third kappa shape index (κ3) is 3.03. The Balaban J connectivity index is 2.32. The summed E-state index contributed by atoms with van der Waals surface area (Å²) in [6.45, 7) is 3.54. The topological polar surface area (TPSA) is 62.2 Å². The summed E-state index contributed by atoms with van der Waals surface area (Å²) in [5.74, 6) is -0.196. The van der Waals surface area contributed by atoms with Gasteiger partial charge in [0, 0.05) is 11.9 Å². The first kappa shape index (κ1) is 14.6. The Morgan fingerprint density at radius 2 is 1.90 bits per heavy atom. The molecule has 1 heterocycles. The molecule has 0 saturated carbocycles. The molecule has 0 aliphatic carbocycles. The number of amides is 1. The second-order valence-electron chi connectivity index (χ2n) is 4.39. The van der Waals surface area contributed by atoms with Crippen LogP contribution >= 0.6 is 23.2 Å². The minimum Gasteiger partial charge on any atom is -0.508 e. The first-order valence-corrected chi connectivity index (χ1v) is 6.56. The van der Waals surface area contributed by atoms with Gasteiger partial charge in [0.15, 0.2) is 0 Å². The molecular formula is C14H12Cl2N2O2. The van der Waals surface area contributed by atoms with Crippen LogP contribution in [0.25, 0.3) is 0 Å². The predicted molar refractivity (Wildman–Crippen MR) is 79.8 cm³/mol. The van der Waals surface area contributed by atoms with Crippen LogP contribution in [0.15, 0.2) is 24.4 Å². The van der Waals surface area contributed by atoms with Gasteiger partial charge in [0.1, 0.15) is 10.9 Å². The highest BCUT2D eigenvalue weighted by Gasteiger charge is 2.13. The van der Waals surface area contributed by atoms with E-state index in [1.165, 1.54) is 12.3 Å². The smallest absolute Gasteiger partial charge is 0.257 e. The van der Waals surface area contributed by atoms with E-state index in [4.69, 9.17) is 23.2 Å². The van der Waals surface area contributed by atoms with Gasteiger partial charge in [0.2, 0.25) is 0 Å². The number of pyridine rings is 1. The summed E-state index contributed by atoms with van der Waals surface area (Å²) in [5.41, 5.74) is 2.27. The molecule has 0 bridgehead atoms. The summed E-state index contributed by atoms with van der Waals surface area (Å²) in [6.07, 6.45) is 1.33. The fraction of sp³-hybridized carbons (Fsp3) is 0.143. The van der Waals surface area contributed by atoms with Crippen LogP contribution in [0, 0.1) is 13.8 Å². The lowest BCUT2D eigenvalue weighted by Crippen LogP contribution is -2.13. The van der Waals surface area contributed by atoms with Crippen LogP contribution in [-0.2, 0) is 0 Å². The first-order chi connectivity index (χ1) is 9.38. The fourth-order valence-electron chi connectivity index (χ4n) is 1.71. The van der Waals surface area contributed by atoms with Crippen molar-refractivity contribution in [2.45, 2.75) is 13.8 Å². The highest BCUT2D eigenvalue weighted by atomic mass is 35.5. The minimum atomic E-state index is -0.382. The molecule has 0 saturated heterocycles. The van der Waals surface area contributed by atoms with Crippen molar-refractivity contribution < 1.29 is 9.90 Å². The van der Waals surface area contributed by atoms with E-state index >= 15 is 0 Å². The molecule has 104 valence electrons. The molecule has 2 aromatic rings. The van der Waals surface area contributed by atoms with Gasteiger partial charge in [-0.25, -0.2) is 4.98 Å². The lowest BCUT2D eigenvalue weighted by molar-refractivity contribution is 0.102. The molecule has 6 heteroatoms. The van der Waals surface area contributed by atoms with Crippen molar-refractivity contribution in [3.63, 3.8) is 0 Å². The maximum atomic E-state index is 12.2.